The van der Waals surface area contributed by atoms with E-state index < -0.39 is 0 Å². The zero-order chi connectivity index (χ0) is 13.5. The van der Waals surface area contributed by atoms with E-state index in [1.165, 1.54) is 15.7 Å². The molecule has 0 saturated heterocycles. The quantitative estimate of drug-likeness (QED) is 0.617. The zero-order valence-corrected chi connectivity index (χ0v) is 12.5. The molecule has 102 valence electrons. The fraction of sp³-hybridized carbons (Fsp3) is 0.375. The number of nitrogens with zero attached hydrogens (tertiary/aromatic N) is 1. The number of likely N-dealkylation sites (N-methyl/N-ethyl adjacent to an activating group) is 1. The first-order valence-corrected chi connectivity index (χ1v) is 7.71. The lowest BCUT2D eigenvalue weighted by molar-refractivity contribution is 0.403. The highest BCUT2D eigenvalue weighted by atomic mass is 32.2. The normalized spacial score (nSPS) is 11.3. The summed E-state index contributed by atoms with van der Waals surface area (Å²) >= 11 is 1.92. The fourth-order valence-electron chi connectivity index (χ4n) is 1.93. The van der Waals surface area contributed by atoms with Crippen molar-refractivity contribution in [3.63, 3.8) is 0 Å². The van der Waals surface area contributed by atoms with E-state index in [9.17, 15) is 0 Å². The van der Waals surface area contributed by atoms with Crippen molar-refractivity contribution in [1.29, 1.82) is 0 Å². The highest BCUT2D eigenvalue weighted by Gasteiger charge is 1.97. The first-order valence-electron chi connectivity index (χ1n) is 6.73. The molecule has 1 N–H and O–H groups in total. The molecule has 0 unspecified atom stereocenters. The molecule has 0 amide bonds. The standard InChI is InChI=1S/C16H22N2S/c1-18(2)11-9-17-10-12-19-16-8-7-14-5-3-4-6-15(14)13-16/h3-8,13,17H,9-12H2,1-2H3. The van der Waals surface area contributed by atoms with Gasteiger partial charge in [0.15, 0.2) is 0 Å². The molecule has 2 aromatic carbocycles. The van der Waals surface area contributed by atoms with Crippen molar-refractivity contribution in [2.24, 2.45) is 0 Å². The molecule has 0 heterocycles. The second-order valence-corrected chi connectivity index (χ2v) is 6.08. The first kappa shape index (κ1) is 14.4. The number of rotatable bonds is 7. The number of nitrogens with one attached hydrogen (secondary N) is 1. The summed E-state index contributed by atoms with van der Waals surface area (Å²) in [6.45, 7) is 3.22. The average molecular weight is 274 g/mol. The largest absolute Gasteiger partial charge is 0.315 e. The summed E-state index contributed by atoms with van der Waals surface area (Å²) in [5.74, 6) is 1.12. The molecule has 2 nitrogen and oxygen atoms in total. The summed E-state index contributed by atoms with van der Waals surface area (Å²) in [5, 5.41) is 6.10. The lowest BCUT2D eigenvalue weighted by Crippen LogP contribution is -2.27. The number of hydrogen-bond donors (Lipinski definition) is 1. The summed E-state index contributed by atoms with van der Waals surface area (Å²) in [5.41, 5.74) is 0. The molecule has 0 saturated carbocycles. The van der Waals surface area contributed by atoms with Gasteiger partial charge in [0, 0.05) is 30.3 Å². The Morgan fingerprint density at radius 2 is 1.79 bits per heavy atom. The van der Waals surface area contributed by atoms with Crippen LogP contribution < -0.4 is 5.32 Å². The summed E-state index contributed by atoms with van der Waals surface area (Å²) in [6.07, 6.45) is 0. The molecular formula is C16H22N2S. The average Bonchev–Trinajstić information content (AvgIpc) is 2.42. The van der Waals surface area contributed by atoms with Crippen LogP contribution in [0.2, 0.25) is 0 Å². The van der Waals surface area contributed by atoms with E-state index >= 15 is 0 Å². The van der Waals surface area contributed by atoms with Crippen LogP contribution in [0.3, 0.4) is 0 Å². The SMILES string of the molecule is CN(C)CCNCCSc1ccc2ccccc2c1. The van der Waals surface area contributed by atoms with Crippen LogP contribution in [0, 0.1) is 0 Å². The minimum Gasteiger partial charge on any atom is -0.315 e. The van der Waals surface area contributed by atoms with Crippen LogP contribution in [-0.4, -0.2) is 44.4 Å². The van der Waals surface area contributed by atoms with E-state index in [0.29, 0.717) is 0 Å². The van der Waals surface area contributed by atoms with Crippen molar-refractivity contribution in [2.75, 3.05) is 39.5 Å². The van der Waals surface area contributed by atoms with Gasteiger partial charge in [-0.3, -0.25) is 0 Å². The van der Waals surface area contributed by atoms with Crippen LogP contribution in [0.25, 0.3) is 10.8 Å². The third kappa shape index (κ3) is 4.86. The van der Waals surface area contributed by atoms with Gasteiger partial charge in [-0.25, -0.2) is 0 Å². The molecule has 0 aliphatic carbocycles. The Morgan fingerprint density at radius 3 is 2.58 bits per heavy atom. The van der Waals surface area contributed by atoms with Gasteiger partial charge in [-0.05, 0) is 37.0 Å². The highest BCUT2D eigenvalue weighted by Crippen LogP contribution is 2.23. The van der Waals surface area contributed by atoms with Crippen LogP contribution >= 0.6 is 11.8 Å². The topological polar surface area (TPSA) is 15.3 Å². The predicted octanol–water partition coefficient (Wildman–Crippen LogP) is 3.08. The molecule has 2 aromatic rings. The van der Waals surface area contributed by atoms with E-state index in [1.807, 2.05) is 11.8 Å². The lowest BCUT2D eigenvalue weighted by atomic mass is 10.1. The molecule has 0 bridgehead atoms. The minimum absolute atomic E-state index is 1.06. The van der Waals surface area contributed by atoms with E-state index in [1.54, 1.807) is 0 Å². The van der Waals surface area contributed by atoms with Crippen molar-refractivity contribution in [2.45, 2.75) is 4.90 Å². The Hall–Kier alpha value is -1.03. The summed E-state index contributed by atoms with van der Waals surface area (Å²) < 4.78 is 0. The maximum atomic E-state index is 3.46. The van der Waals surface area contributed by atoms with Gasteiger partial charge in [-0.15, -0.1) is 11.8 Å². The lowest BCUT2D eigenvalue weighted by Gasteiger charge is -2.10. The molecule has 0 spiro atoms. The zero-order valence-electron chi connectivity index (χ0n) is 11.7. The molecule has 2 rings (SSSR count). The molecule has 0 aliphatic heterocycles. The molecular weight excluding hydrogens is 252 g/mol. The fourth-order valence-corrected chi connectivity index (χ4v) is 2.78. The third-order valence-corrected chi connectivity index (χ3v) is 4.00. The van der Waals surface area contributed by atoms with Crippen LogP contribution in [0.4, 0.5) is 0 Å². The van der Waals surface area contributed by atoms with Crippen molar-refractivity contribution in [3.05, 3.63) is 42.5 Å². The van der Waals surface area contributed by atoms with Crippen molar-refractivity contribution < 1.29 is 0 Å². The van der Waals surface area contributed by atoms with Gasteiger partial charge in [0.2, 0.25) is 0 Å². The van der Waals surface area contributed by atoms with E-state index in [2.05, 4.69) is 66.8 Å². The Balaban J connectivity index is 1.75. The van der Waals surface area contributed by atoms with E-state index in [0.717, 1.165) is 25.4 Å². The second-order valence-electron chi connectivity index (χ2n) is 4.91. The monoisotopic (exact) mass is 274 g/mol. The van der Waals surface area contributed by atoms with Crippen LogP contribution in [0.1, 0.15) is 0 Å². The van der Waals surface area contributed by atoms with Gasteiger partial charge in [0.25, 0.3) is 0 Å². The van der Waals surface area contributed by atoms with Gasteiger partial charge in [0.05, 0.1) is 0 Å². The van der Waals surface area contributed by atoms with E-state index in [4.69, 9.17) is 0 Å². The summed E-state index contributed by atoms with van der Waals surface area (Å²) in [4.78, 5) is 3.55. The van der Waals surface area contributed by atoms with Gasteiger partial charge in [-0.1, -0.05) is 30.3 Å². The van der Waals surface area contributed by atoms with Crippen molar-refractivity contribution in [1.82, 2.24) is 10.2 Å². The molecule has 19 heavy (non-hydrogen) atoms. The number of benzene rings is 2. The maximum Gasteiger partial charge on any atom is 0.0106 e. The summed E-state index contributed by atoms with van der Waals surface area (Å²) in [7, 11) is 4.21. The van der Waals surface area contributed by atoms with Crippen LogP contribution in [0.5, 0.6) is 0 Å². The first-order chi connectivity index (χ1) is 9.25. The van der Waals surface area contributed by atoms with Crippen molar-refractivity contribution >= 4 is 22.5 Å². The molecule has 0 aromatic heterocycles. The third-order valence-electron chi connectivity index (χ3n) is 3.00. The number of thioether (sulfide) groups is 1. The van der Waals surface area contributed by atoms with Gasteiger partial charge >= 0.3 is 0 Å². The molecule has 0 atom stereocenters. The Morgan fingerprint density at radius 1 is 1.00 bits per heavy atom. The van der Waals surface area contributed by atoms with Gasteiger partial charge in [-0.2, -0.15) is 0 Å². The summed E-state index contributed by atoms with van der Waals surface area (Å²) in [6, 6.07) is 15.2. The van der Waals surface area contributed by atoms with Crippen LogP contribution in [-0.2, 0) is 0 Å². The number of fused-ring (bicyclic) bond motifs is 1. The van der Waals surface area contributed by atoms with Crippen LogP contribution in [0.15, 0.2) is 47.4 Å². The Kier molecular flexibility index (Phi) is 5.70. The molecule has 0 aliphatic rings. The Labute approximate surface area is 120 Å². The molecule has 0 radical (unpaired) electrons. The second kappa shape index (κ2) is 7.53. The highest BCUT2D eigenvalue weighted by molar-refractivity contribution is 7.99. The predicted molar refractivity (Wildman–Crippen MR) is 86.1 cm³/mol. The Bertz CT molecular complexity index is 511. The smallest absolute Gasteiger partial charge is 0.0106 e. The van der Waals surface area contributed by atoms with E-state index in [-0.39, 0.29) is 0 Å². The molecule has 3 heteroatoms. The van der Waals surface area contributed by atoms with Gasteiger partial charge in [0.1, 0.15) is 0 Å². The van der Waals surface area contributed by atoms with Gasteiger partial charge < -0.3 is 10.2 Å². The van der Waals surface area contributed by atoms with Crippen molar-refractivity contribution in [3.8, 4) is 0 Å². The minimum atomic E-state index is 1.06. The molecule has 0 fully saturated rings. The number of hydrogen-bond acceptors (Lipinski definition) is 3. The maximum absolute atomic E-state index is 3.46.